The molecule has 36 heavy (non-hydrogen) atoms. The van der Waals surface area contributed by atoms with Gasteiger partial charge in [-0.3, -0.25) is 14.4 Å². The first-order valence-electron chi connectivity index (χ1n) is 12.5. The number of rotatable bonds is 8. The number of nitrogens with zero attached hydrogens (tertiary/aromatic N) is 2. The van der Waals surface area contributed by atoms with Crippen LogP contribution >= 0.6 is 11.3 Å². The Labute approximate surface area is 217 Å². The summed E-state index contributed by atoms with van der Waals surface area (Å²) in [6.07, 6.45) is -0.249. The molecule has 0 spiro atoms. The maximum Gasteiger partial charge on any atom is 0.243 e. The smallest absolute Gasteiger partial charge is 0.243 e. The van der Waals surface area contributed by atoms with Crippen LogP contribution in [0.4, 0.5) is 0 Å². The molecule has 8 nitrogen and oxygen atoms in total. The van der Waals surface area contributed by atoms with Crippen molar-refractivity contribution in [3.8, 4) is 10.4 Å². The summed E-state index contributed by atoms with van der Waals surface area (Å²) >= 11 is 1.59. The van der Waals surface area contributed by atoms with Gasteiger partial charge in [0.2, 0.25) is 17.7 Å². The topological polar surface area (TPSA) is 112 Å². The molecule has 196 valence electrons. The summed E-state index contributed by atoms with van der Waals surface area (Å²) in [5, 5.41) is 16.2. The van der Waals surface area contributed by atoms with Gasteiger partial charge in [-0.2, -0.15) is 0 Å². The van der Waals surface area contributed by atoms with Gasteiger partial charge in [0.15, 0.2) is 0 Å². The molecule has 2 heterocycles. The number of aromatic nitrogens is 1. The van der Waals surface area contributed by atoms with Crippen molar-refractivity contribution in [3.05, 3.63) is 41.0 Å². The normalized spacial score (nSPS) is 19.6. The summed E-state index contributed by atoms with van der Waals surface area (Å²) in [7, 11) is 0. The van der Waals surface area contributed by atoms with E-state index in [9.17, 15) is 19.5 Å². The zero-order chi connectivity index (χ0) is 26.6. The van der Waals surface area contributed by atoms with Crippen LogP contribution in [0.3, 0.4) is 0 Å². The van der Waals surface area contributed by atoms with E-state index in [1.807, 2.05) is 64.4 Å². The highest BCUT2D eigenvalue weighted by atomic mass is 32.1. The van der Waals surface area contributed by atoms with E-state index in [1.54, 1.807) is 18.3 Å². The molecule has 0 radical (unpaired) electrons. The van der Waals surface area contributed by atoms with Crippen LogP contribution in [0.2, 0.25) is 0 Å². The van der Waals surface area contributed by atoms with Gasteiger partial charge in [-0.05, 0) is 30.4 Å². The number of carbonyl (C=O) groups is 3. The summed E-state index contributed by atoms with van der Waals surface area (Å²) in [4.78, 5) is 45.6. The third kappa shape index (κ3) is 6.50. The zero-order valence-electron chi connectivity index (χ0n) is 22.0. The Hall–Kier alpha value is -2.78. The van der Waals surface area contributed by atoms with Gasteiger partial charge in [-0.25, -0.2) is 4.98 Å². The first-order valence-corrected chi connectivity index (χ1v) is 13.4. The summed E-state index contributed by atoms with van der Waals surface area (Å²) in [5.74, 6) is -1.17. The maximum absolute atomic E-state index is 13.6. The zero-order valence-corrected chi connectivity index (χ0v) is 22.8. The minimum atomic E-state index is -0.771. The molecular weight excluding hydrogens is 476 g/mol. The summed E-state index contributed by atoms with van der Waals surface area (Å²) < 4.78 is 0. The highest BCUT2D eigenvalue weighted by molar-refractivity contribution is 7.13. The Balaban J connectivity index is 1.71. The average molecular weight is 515 g/mol. The van der Waals surface area contributed by atoms with E-state index in [0.29, 0.717) is 6.42 Å². The number of carbonyl (C=O) groups excluding carboxylic acids is 3. The SMILES string of the molecule is CCC(=O)NC[C@H](C(=O)N1C[C@@H](O)C[C@H]1C(=O)N[C@@H](C)c1ccc(-c2scnc2C)cc1)C(C)(C)C. The first-order chi connectivity index (χ1) is 16.9. The van der Waals surface area contributed by atoms with E-state index in [1.165, 1.54) is 4.90 Å². The minimum Gasteiger partial charge on any atom is -0.391 e. The van der Waals surface area contributed by atoms with Crippen LogP contribution in [0.5, 0.6) is 0 Å². The number of hydrogen-bond acceptors (Lipinski definition) is 6. The van der Waals surface area contributed by atoms with Gasteiger partial charge in [-0.1, -0.05) is 52.0 Å². The number of aryl methyl sites for hydroxylation is 1. The molecule has 0 saturated carbocycles. The average Bonchev–Trinajstić information content (AvgIpc) is 3.43. The number of β-amino-alcohol motifs (C(OH)–C–C–N with tert-alkyl or cyclic N) is 1. The predicted molar refractivity (Wildman–Crippen MR) is 141 cm³/mol. The fourth-order valence-electron chi connectivity index (χ4n) is 4.51. The molecule has 1 aliphatic rings. The standard InChI is InChI=1S/C27H38N4O4S/c1-7-23(33)28-13-21(27(4,5)6)26(35)31-14-20(32)12-22(31)25(34)30-16(2)18-8-10-19(11-9-18)24-17(3)29-15-36-24/h8-11,15-16,20-22,32H,7,12-14H2,1-6H3,(H,28,33)(H,30,34)/t16-,20-,21+,22-/m0/s1. The molecule has 1 aliphatic heterocycles. The summed E-state index contributed by atoms with van der Waals surface area (Å²) in [6.45, 7) is 11.8. The third-order valence-electron chi connectivity index (χ3n) is 6.81. The number of thiazole rings is 1. The van der Waals surface area contributed by atoms with Gasteiger partial charge in [-0.15, -0.1) is 11.3 Å². The van der Waals surface area contributed by atoms with Crippen molar-refractivity contribution in [3.63, 3.8) is 0 Å². The van der Waals surface area contributed by atoms with E-state index >= 15 is 0 Å². The second-order valence-electron chi connectivity index (χ2n) is 10.6. The van der Waals surface area contributed by atoms with Crippen molar-refractivity contribution in [2.75, 3.05) is 13.1 Å². The second-order valence-corrected chi connectivity index (χ2v) is 11.4. The Kier molecular flexibility index (Phi) is 8.89. The van der Waals surface area contributed by atoms with Crippen LogP contribution in [-0.2, 0) is 14.4 Å². The maximum atomic E-state index is 13.6. The second kappa shape index (κ2) is 11.5. The fraction of sp³-hybridized carbons (Fsp3) is 0.556. The van der Waals surface area contributed by atoms with E-state index < -0.39 is 23.5 Å². The highest BCUT2D eigenvalue weighted by Gasteiger charge is 2.44. The molecule has 1 aromatic carbocycles. The van der Waals surface area contributed by atoms with E-state index in [4.69, 9.17) is 0 Å². The number of aliphatic hydroxyl groups is 1. The number of amides is 3. The van der Waals surface area contributed by atoms with Gasteiger partial charge in [0.25, 0.3) is 0 Å². The van der Waals surface area contributed by atoms with Crippen LogP contribution in [0.15, 0.2) is 29.8 Å². The van der Waals surface area contributed by atoms with Gasteiger partial charge in [0.1, 0.15) is 6.04 Å². The first kappa shape index (κ1) is 27.8. The van der Waals surface area contributed by atoms with Crippen molar-refractivity contribution in [1.82, 2.24) is 20.5 Å². The molecule has 3 amide bonds. The van der Waals surface area contributed by atoms with Crippen LogP contribution in [0.1, 0.15) is 64.8 Å². The number of hydrogen-bond donors (Lipinski definition) is 3. The molecule has 3 rings (SSSR count). The Morgan fingerprint density at radius 2 is 1.89 bits per heavy atom. The molecule has 0 bridgehead atoms. The van der Waals surface area contributed by atoms with Crippen molar-refractivity contribution < 1.29 is 19.5 Å². The molecule has 2 aromatic rings. The Bertz CT molecular complexity index is 1080. The lowest BCUT2D eigenvalue weighted by molar-refractivity contribution is -0.144. The lowest BCUT2D eigenvalue weighted by atomic mass is 9.79. The molecule has 1 fully saturated rings. The number of nitrogens with one attached hydrogen (secondary N) is 2. The highest BCUT2D eigenvalue weighted by Crippen LogP contribution is 2.31. The lowest BCUT2D eigenvalue weighted by Gasteiger charge is -2.35. The molecule has 1 saturated heterocycles. The minimum absolute atomic E-state index is 0.0997. The van der Waals surface area contributed by atoms with Crippen molar-refractivity contribution in [2.45, 2.75) is 72.6 Å². The lowest BCUT2D eigenvalue weighted by Crippen LogP contribution is -2.52. The van der Waals surface area contributed by atoms with Crippen LogP contribution in [-0.4, -0.2) is 57.9 Å². The van der Waals surface area contributed by atoms with Crippen LogP contribution < -0.4 is 10.6 Å². The monoisotopic (exact) mass is 514 g/mol. The molecule has 0 aliphatic carbocycles. The van der Waals surface area contributed by atoms with Crippen LogP contribution in [0.25, 0.3) is 10.4 Å². The van der Waals surface area contributed by atoms with Gasteiger partial charge < -0.3 is 20.6 Å². The van der Waals surface area contributed by atoms with E-state index in [2.05, 4.69) is 15.6 Å². The van der Waals surface area contributed by atoms with Gasteiger partial charge in [0.05, 0.1) is 34.1 Å². The largest absolute Gasteiger partial charge is 0.391 e. The third-order valence-corrected chi connectivity index (χ3v) is 7.79. The van der Waals surface area contributed by atoms with Crippen molar-refractivity contribution in [2.24, 2.45) is 11.3 Å². The quantitative estimate of drug-likeness (QED) is 0.500. The molecule has 1 aromatic heterocycles. The number of likely N-dealkylation sites (tertiary alicyclic amines) is 1. The fourth-order valence-corrected chi connectivity index (χ4v) is 5.32. The molecule has 4 atom stereocenters. The van der Waals surface area contributed by atoms with Crippen molar-refractivity contribution in [1.29, 1.82) is 0 Å². The predicted octanol–water partition coefficient (Wildman–Crippen LogP) is 3.45. The molecule has 9 heteroatoms. The van der Waals surface area contributed by atoms with E-state index in [0.717, 1.165) is 21.7 Å². The van der Waals surface area contributed by atoms with Gasteiger partial charge in [0, 0.05) is 25.9 Å². The van der Waals surface area contributed by atoms with Crippen LogP contribution in [0, 0.1) is 18.3 Å². The summed E-state index contributed by atoms with van der Waals surface area (Å²) in [6, 6.07) is 6.97. The number of aliphatic hydroxyl groups excluding tert-OH is 1. The van der Waals surface area contributed by atoms with Crippen molar-refractivity contribution >= 4 is 29.1 Å². The number of benzene rings is 1. The summed E-state index contributed by atoms with van der Waals surface area (Å²) in [5.41, 5.74) is 4.41. The molecule has 0 unspecified atom stereocenters. The molecular formula is C27H38N4O4S. The van der Waals surface area contributed by atoms with E-state index in [-0.39, 0.29) is 43.3 Å². The molecule has 3 N–H and O–H groups in total. The van der Waals surface area contributed by atoms with Gasteiger partial charge >= 0.3 is 0 Å². The Morgan fingerprint density at radius 1 is 1.22 bits per heavy atom. The Morgan fingerprint density at radius 3 is 2.44 bits per heavy atom.